The molecule has 0 amide bonds. The fourth-order valence-electron chi connectivity index (χ4n) is 2.80. The van der Waals surface area contributed by atoms with E-state index in [4.69, 9.17) is 0 Å². The van der Waals surface area contributed by atoms with Crippen LogP contribution in [0, 0.1) is 11.8 Å². The molecular weight excluding hydrogens is 172 g/mol. The first-order valence-electron chi connectivity index (χ1n) is 5.77. The van der Waals surface area contributed by atoms with E-state index in [0.717, 1.165) is 22.9 Å². The molecule has 1 fully saturated rings. The quantitative estimate of drug-likeness (QED) is 0.471. The zero-order chi connectivity index (χ0) is 9.26. The molecule has 2 rings (SSSR count). The zero-order valence-electron chi connectivity index (χ0n) is 8.79. The minimum absolute atomic E-state index is 0.969. The highest BCUT2D eigenvalue weighted by molar-refractivity contribution is 6.40. The van der Waals surface area contributed by atoms with Crippen molar-refractivity contribution in [2.45, 2.75) is 50.6 Å². The largest absolute Gasteiger partial charge is 0.0851 e. The average molecular weight is 192 g/mol. The normalized spacial score (nSPS) is 36.4. The third-order valence-electron chi connectivity index (χ3n) is 3.71. The summed E-state index contributed by atoms with van der Waals surface area (Å²) in [5, 5.41) is 0. The monoisotopic (exact) mass is 192 g/mol. The van der Waals surface area contributed by atoms with E-state index in [1.807, 2.05) is 0 Å². The van der Waals surface area contributed by atoms with Gasteiger partial charge in [-0.25, -0.2) is 0 Å². The third kappa shape index (κ3) is 1.90. The van der Waals surface area contributed by atoms with Crippen molar-refractivity contribution in [2.24, 2.45) is 11.8 Å². The van der Waals surface area contributed by atoms with E-state index in [1.165, 1.54) is 35.2 Å². The molecule has 13 heavy (non-hydrogen) atoms. The van der Waals surface area contributed by atoms with E-state index in [2.05, 4.69) is 26.0 Å². The first-order valence-corrected chi connectivity index (χ1v) is 6.93. The Bertz CT molecular complexity index is 193. The standard InChI is InChI=1S/C12H20Si/c1-3-11(4-2)13-12-8-9-5-6-10(12)7-9/h5-6,9-12H,3-4,7-8H2,1-2H3. The molecule has 0 aromatic heterocycles. The van der Waals surface area contributed by atoms with Gasteiger partial charge in [-0.05, 0) is 35.8 Å². The molecule has 0 aliphatic heterocycles. The smallest absolute Gasteiger partial charge is 0.0454 e. The highest BCUT2D eigenvalue weighted by Crippen LogP contribution is 2.48. The van der Waals surface area contributed by atoms with Crippen LogP contribution in [0.2, 0.25) is 11.1 Å². The lowest BCUT2D eigenvalue weighted by Crippen LogP contribution is -2.14. The molecule has 0 aromatic rings. The molecule has 0 saturated heterocycles. The summed E-state index contributed by atoms with van der Waals surface area (Å²) in [6.45, 7) is 4.70. The minimum atomic E-state index is 0.969. The summed E-state index contributed by atoms with van der Waals surface area (Å²) in [5.41, 5.74) is 2.10. The zero-order valence-corrected chi connectivity index (χ0v) is 9.79. The molecule has 2 aliphatic carbocycles. The van der Waals surface area contributed by atoms with Crippen molar-refractivity contribution in [2.75, 3.05) is 0 Å². The Balaban J connectivity index is 1.86. The summed E-state index contributed by atoms with van der Waals surface area (Å²) in [4.78, 5) is 0. The van der Waals surface area contributed by atoms with Crippen LogP contribution in [0.25, 0.3) is 0 Å². The van der Waals surface area contributed by atoms with Crippen LogP contribution in [0.5, 0.6) is 0 Å². The van der Waals surface area contributed by atoms with Gasteiger partial charge in [-0.2, -0.15) is 0 Å². The highest BCUT2D eigenvalue weighted by atomic mass is 28.2. The van der Waals surface area contributed by atoms with Gasteiger partial charge in [0.1, 0.15) is 0 Å². The number of allylic oxidation sites excluding steroid dienone is 2. The van der Waals surface area contributed by atoms with E-state index in [-0.39, 0.29) is 0 Å². The van der Waals surface area contributed by atoms with Crippen LogP contribution in [-0.2, 0) is 0 Å². The van der Waals surface area contributed by atoms with Crippen LogP contribution in [-0.4, -0.2) is 9.52 Å². The van der Waals surface area contributed by atoms with E-state index in [0.29, 0.717) is 0 Å². The number of hydrogen-bond acceptors (Lipinski definition) is 0. The molecule has 0 N–H and O–H groups in total. The molecule has 72 valence electrons. The van der Waals surface area contributed by atoms with E-state index in [9.17, 15) is 0 Å². The highest BCUT2D eigenvalue weighted by Gasteiger charge is 2.36. The molecule has 3 atom stereocenters. The first kappa shape index (κ1) is 9.51. The Kier molecular flexibility index (Phi) is 2.92. The number of hydrogen-bond donors (Lipinski definition) is 0. The molecule has 0 aromatic carbocycles. The van der Waals surface area contributed by atoms with Gasteiger partial charge in [0.2, 0.25) is 0 Å². The fraction of sp³-hybridized carbons (Fsp3) is 0.833. The Hall–Kier alpha value is -0.0431. The summed E-state index contributed by atoms with van der Waals surface area (Å²) < 4.78 is 0. The topological polar surface area (TPSA) is 0 Å². The van der Waals surface area contributed by atoms with Crippen molar-refractivity contribution in [1.29, 1.82) is 0 Å². The molecule has 2 aliphatic rings. The van der Waals surface area contributed by atoms with Crippen LogP contribution in [0.3, 0.4) is 0 Å². The molecular formula is C12H20Si. The SMILES string of the molecule is CCC(CC)[Si]C1CC2C=CC1C2. The lowest BCUT2D eigenvalue weighted by Gasteiger charge is -2.21. The minimum Gasteiger partial charge on any atom is -0.0851 e. The number of fused-ring (bicyclic) bond motifs is 2. The molecule has 1 saturated carbocycles. The van der Waals surface area contributed by atoms with Crippen LogP contribution in [0.15, 0.2) is 12.2 Å². The van der Waals surface area contributed by atoms with Gasteiger partial charge < -0.3 is 0 Å². The lowest BCUT2D eigenvalue weighted by atomic mass is 10.1. The fourth-order valence-corrected chi connectivity index (χ4v) is 4.81. The van der Waals surface area contributed by atoms with Crippen LogP contribution in [0.1, 0.15) is 39.5 Å². The summed E-state index contributed by atoms with van der Waals surface area (Å²) in [5.74, 6) is 1.95. The van der Waals surface area contributed by atoms with Gasteiger partial charge in [-0.1, -0.05) is 38.8 Å². The molecule has 3 unspecified atom stereocenters. The van der Waals surface area contributed by atoms with Crippen molar-refractivity contribution in [3.8, 4) is 0 Å². The third-order valence-corrected chi connectivity index (χ3v) is 6.09. The number of rotatable bonds is 4. The Morgan fingerprint density at radius 2 is 2.00 bits per heavy atom. The second-order valence-electron chi connectivity index (χ2n) is 4.57. The van der Waals surface area contributed by atoms with Crippen molar-refractivity contribution in [3.05, 3.63) is 12.2 Å². The van der Waals surface area contributed by atoms with Gasteiger partial charge in [0.15, 0.2) is 0 Å². The van der Waals surface area contributed by atoms with Crippen molar-refractivity contribution >= 4 is 9.52 Å². The van der Waals surface area contributed by atoms with Gasteiger partial charge in [-0.15, -0.1) is 0 Å². The maximum absolute atomic E-state index is 2.49. The van der Waals surface area contributed by atoms with E-state index >= 15 is 0 Å². The van der Waals surface area contributed by atoms with E-state index in [1.54, 1.807) is 0 Å². The molecule has 2 bridgehead atoms. The van der Waals surface area contributed by atoms with Gasteiger partial charge in [0.25, 0.3) is 0 Å². The molecule has 0 spiro atoms. The van der Waals surface area contributed by atoms with Crippen molar-refractivity contribution < 1.29 is 0 Å². The summed E-state index contributed by atoms with van der Waals surface area (Å²) in [6, 6.07) is 0. The van der Waals surface area contributed by atoms with Gasteiger partial charge in [-0.3, -0.25) is 0 Å². The van der Waals surface area contributed by atoms with Gasteiger partial charge in [0.05, 0.1) is 0 Å². The first-order chi connectivity index (χ1) is 6.33. The molecule has 2 radical (unpaired) electrons. The Morgan fingerprint density at radius 3 is 2.46 bits per heavy atom. The molecule has 0 nitrogen and oxygen atoms in total. The molecule has 1 heteroatoms. The summed E-state index contributed by atoms with van der Waals surface area (Å²) in [6.07, 6.45) is 10.7. The predicted molar refractivity (Wildman–Crippen MR) is 59.2 cm³/mol. The second-order valence-corrected chi connectivity index (χ2v) is 6.46. The summed E-state index contributed by atoms with van der Waals surface area (Å²) in [7, 11) is 1.24. The van der Waals surface area contributed by atoms with Crippen LogP contribution >= 0.6 is 0 Å². The maximum atomic E-state index is 2.49. The average Bonchev–Trinajstić information content (AvgIpc) is 2.75. The van der Waals surface area contributed by atoms with Crippen LogP contribution < -0.4 is 0 Å². The second kappa shape index (κ2) is 3.99. The Labute approximate surface area is 84.6 Å². The van der Waals surface area contributed by atoms with Gasteiger partial charge >= 0.3 is 0 Å². The maximum Gasteiger partial charge on any atom is 0.0454 e. The molecule has 0 heterocycles. The summed E-state index contributed by atoms with van der Waals surface area (Å²) >= 11 is 0. The van der Waals surface area contributed by atoms with Gasteiger partial charge in [0, 0.05) is 9.52 Å². The van der Waals surface area contributed by atoms with Crippen molar-refractivity contribution in [1.82, 2.24) is 0 Å². The van der Waals surface area contributed by atoms with Crippen molar-refractivity contribution in [3.63, 3.8) is 0 Å². The van der Waals surface area contributed by atoms with E-state index < -0.39 is 0 Å². The Morgan fingerprint density at radius 1 is 1.23 bits per heavy atom. The lowest BCUT2D eigenvalue weighted by molar-refractivity contribution is 0.660. The predicted octanol–water partition coefficient (Wildman–Crippen LogP) is 3.68. The van der Waals surface area contributed by atoms with Crippen LogP contribution in [0.4, 0.5) is 0 Å².